The Kier molecular flexibility index (Phi) is 3.80. The summed E-state index contributed by atoms with van der Waals surface area (Å²) in [6.45, 7) is 0. The summed E-state index contributed by atoms with van der Waals surface area (Å²) in [5.41, 5.74) is -0.287. The van der Waals surface area contributed by atoms with Crippen molar-refractivity contribution in [1.29, 1.82) is 0 Å². The van der Waals surface area contributed by atoms with Crippen LogP contribution in [0.3, 0.4) is 0 Å². The lowest BCUT2D eigenvalue weighted by Crippen LogP contribution is -2.41. The maximum Gasteiger partial charge on any atom is 0.270 e. The van der Waals surface area contributed by atoms with Crippen molar-refractivity contribution in [1.82, 2.24) is 4.31 Å². The third-order valence-corrected chi connectivity index (χ3v) is 5.76. The number of nitro groups is 1. The Morgan fingerprint density at radius 1 is 1.42 bits per heavy atom. The number of sulfonamides is 1. The van der Waals surface area contributed by atoms with Crippen molar-refractivity contribution >= 4 is 27.3 Å². The molecule has 1 aromatic rings. The number of nitro benzene ring substituents is 1. The molecule has 19 heavy (non-hydrogen) atoms. The van der Waals surface area contributed by atoms with Crippen LogP contribution in [0.15, 0.2) is 23.1 Å². The van der Waals surface area contributed by atoms with Gasteiger partial charge in [0, 0.05) is 25.2 Å². The molecule has 0 saturated heterocycles. The molecule has 1 aliphatic carbocycles. The first-order valence-electron chi connectivity index (χ1n) is 5.76. The minimum absolute atomic E-state index is 0.00299. The summed E-state index contributed by atoms with van der Waals surface area (Å²) < 4.78 is 26.0. The van der Waals surface area contributed by atoms with E-state index in [-0.39, 0.29) is 21.6 Å². The fourth-order valence-electron chi connectivity index (χ4n) is 1.90. The van der Waals surface area contributed by atoms with Crippen molar-refractivity contribution < 1.29 is 13.3 Å². The average molecular weight is 305 g/mol. The molecule has 0 N–H and O–H groups in total. The van der Waals surface area contributed by atoms with Crippen molar-refractivity contribution in [2.45, 2.75) is 30.2 Å². The van der Waals surface area contributed by atoms with Gasteiger partial charge in [-0.05, 0) is 18.9 Å². The number of non-ortho nitro benzene ring substituents is 1. The van der Waals surface area contributed by atoms with Crippen LogP contribution in [0.25, 0.3) is 0 Å². The van der Waals surface area contributed by atoms with Crippen LogP contribution in [0.1, 0.15) is 19.3 Å². The van der Waals surface area contributed by atoms with E-state index in [0.717, 1.165) is 25.3 Å². The number of benzene rings is 1. The highest BCUT2D eigenvalue weighted by molar-refractivity contribution is 7.89. The fraction of sp³-hybridized carbons (Fsp3) is 0.455. The number of rotatable bonds is 4. The summed E-state index contributed by atoms with van der Waals surface area (Å²) in [6, 6.07) is 3.39. The van der Waals surface area contributed by atoms with Gasteiger partial charge in [-0.3, -0.25) is 10.1 Å². The predicted molar refractivity (Wildman–Crippen MR) is 70.7 cm³/mol. The van der Waals surface area contributed by atoms with E-state index < -0.39 is 14.9 Å². The average Bonchev–Trinajstić information content (AvgIpc) is 2.26. The van der Waals surface area contributed by atoms with E-state index in [1.54, 1.807) is 0 Å². The molecule has 6 nitrogen and oxygen atoms in total. The summed E-state index contributed by atoms with van der Waals surface area (Å²) in [7, 11) is -2.31. The van der Waals surface area contributed by atoms with Gasteiger partial charge in [-0.2, -0.15) is 4.31 Å². The molecule has 0 radical (unpaired) electrons. The molecule has 1 saturated carbocycles. The van der Waals surface area contributed by atoms with Gasteiger partial charge < -0.3 is 0 Å². The van der Waals surface area contributed by atoms with Gasteiger partial charge in [-0.25, -0.2) is 8.42 Å². The minimum atomic E-state index is -3.79. The highest BCUT2D eigenvalue weighted by Gasteiger charge is 2.33. The molecule has 0 unspecified atom stereocenters. The van der Waals surface area contributed by atoms with E-state index in [9.17, 15) is 18.5 Å². The Morgan fingerprint density at radius 3 is 2.53 bits per heavy atom. The summed E-state index contributed by atoms with van der Waals surface area (Å²) in [5.74, 6) is 0. The second-order valence-corrected chi connectivity index (χ2v) is 6.85. The summed E-state index contributed by atoms with van der Waals surface area (Å²) in [6.07, 6.45) is 2.61. The molecule has 0 atom stereocenters. The lowest BCUT2D eigenvalue weighted by atomic mass is 9.94. The Labute approximate surface area is 116 Å². The van der Waals surface area contributed by atoms with E-state index in [1.165, 1.54) is 23.5 Å². The van der Waals surface area contributed by atoms with Crippen molar-refractivity contribution in [3.8, 4) is 0 Å². The predicted octanol–water partition coefficient (Wildman–Crippen LogP) is 2.42. The summed E-state index contributed by atoms with van der Waals surface area (Å²) >= 11 is 5.87. The molecular formula is C11H13ClN2O4S. The molecule has 1 fully saturated rings. The molecule has 0 bridgehead atoms. The van der Waals surface area contributed by atoms with E-state index in [4.69, 9.17) is 11.6 Å². The Bertz CT molecular complexity index is 613. The van der Waals surface area contributed by atoms with Crippen LogP contribution in [0, 0.1) is 10.1 Å². The van der Waals surface area contributed by atoms with Gasteiger partial charge in [-0.1, -0.05) is 18.0 Å². The van der Waals surface area contributed by atoms with Crippen LogP contribution in [0.5, 0.6) is 0 Å². The molecule has 0 aliphatic heterocycles. The van der Waals surface area contributed by atoms with Crippen molar-refractivity contribution in [2.24, 2.45) is 0 Å². The molecule has 0 spiro atoms. The molecule has 1 aromatic carbocycles. The highest BCUT2D eigenvalue weighted by atomic mass is 35.5. The number of hydrogen-bond donors (Lipinski definition) is 0. The first-order valence-corrected chi connectivity index (χ1v) is 7.58. The highest BCUT2D eigenvalue weighted by Crippen LogP contribution is 2.32. The zero-order valence-electron chi connectivity index (χ0n) is 10.2. The first-order chi connectivity index (χ1) is 8.84. The third-order valence-electron chi connectivity index (χ3n) is 3.37. The smallest absolute Gasteiger partial charge is 0.258 e. The van der Waals surface area contributed by atoms with Crippen LogP contribution in [0.2, 0.25) is 5.02 Å². The normalized spacial score (nSPS) is 16.4. The van der Waals surface area contributed by atoms with Crippen LogP contribution in [-0.4, -0.2) is 30.7 Å². The Morgan fingerprint density at radius 2 is 2.05 bits per heavy atom. The number of nitrogens with zero attached hydrogens (tertiary/aromatic N) is 2. The Hall–Kier alpha value is -1.18. The topological polar surface area (TPSA) is 80.5 Å². The summed E-state index contributed by atoms with van der Waals surface area (Å²) in [5, 5.41) is 10.7. The van der Waals surface area contributed by atoms with Gasteiger partial charge in [0.25, 0.3) is 5.69 Å². The van der Waals surface area contributed by atoms with Crippen LogP contribution in [0.4, 0.5) is 5.69 Å². The minimum Gasteiger partial charge on any atom is -0.258 e. The Balaban J connectivity index is 2.44. The van der Waals surface area contributed by atoms with E-state index in [0.29, 0.717) is 0 Å². The zero-order valence-corrected chi connectivity index (χ0v) is 11.8. The molecular weight excluding hydrogens is 292 g/mol. The van der Waals surface area contributed by atoms with Gasteiger partial charge in [0.2, 0.25) is 10.0 Å². The van der Waals surface area contributed by atoms with Crippen LogP contribution >= 0.6 is 11.6 Å². The van der Waals surface area contributed by atoms with Crippen LogP contribution in [-0.2, 0) is 10.0 Å². The molecule has 0 aromatic heterocycles. The molecule has 1 aliphatic rings. The molecule has 2 rings (SSSR count). The second-order valence-electron chi connectivity index (χ2n) is 4.48. The molecule has 0 heterocycles. The lowest BCUT2D eigenvalue weighted by Gasteiger charge is -2.33. The molecule has 8 heteroatoms. The largest absolute Gasteiger partial charge is 0.270 e. The van der Waals surface area contributed by atoms with Crippen LogP contribution < -0.4 is 0 Å². The standard InChI is InChI=1S/C11H13ClN2O4S/c1-13(8-3-2-4-8)19(17,18)11-7-9(14(15)16)5-6-10(11)12/h5-8H,2-4H2,1H3. The van der Waals surface area contributed by atoms with E-state index in [2.05, 4.69) is 0 Å². The SMILES string of the molecule is CN(C1CCC1)S(=O)(=O)c1cc([N+](=O)[O-])ccc1Cl. The second kappa shape index (κ2) is 5.07. The van der Waals surface area contributed by atoms with Gasteiger partial charge in [0.15, 0.2) is 0 Å². The van der Waals surface area contributed by atoms with E-state index in [1.807, 2.05) is 0 Å². The van der Waals surface area contributed by atoms with Gasteiger partial charge in [-0.15, -0.1) is 0 Å². The third kappa shape index (κ3) is 2.58. The zero-order chi connectivity index (χ0) is 14.2. The molecule has 104 valence electrons. The van der Waals surface area contributed by atoms with Crippen molar-refractivity contribution in [2.75, 3.05) is 7.05 Å². The lowest BCUT2D eigenvalue weighted by molar-refractivity contribution is -0.385. The van der Waals surface area contributed by atoms with Crippen molar-refractivity contribution in [3.05, 3.63) is 33.3 Å². The molecule has 0 amide bonds. The number of halogens is 1. The van der Waals surface area contributed by atoms with Gasteiger partial charge in [0.1, 0.15) is 4.90 Å². The maximum atomic E-state index is 12.4. The first kappa shape index (κ1) is 14.2. The number of hydrogen-bond acceptors (Lipinski definition) is 4. The monoisotopic (exact) mass is 304 g/mol. The van der Waals surface area contributed by atoms with Gasteiger partial charge in [0.05, 0.1) is 9.95 Å². The maximum absolute atomic E-state index is 12.4. The van der Waals surface area contributed by atoms with Gasteiger partial charge >= 0.3 is 0 Å². The fourth-order valence-corrected chi connectivity index (χ4v) is 3.81. The summed E-state index contributed by atoms with van der Waals surface area (Å²) in [4.78, 5) is 9.87. The van der Waals surface area contributed by atoms with E-state index >= 15 is 0 Å². The van der Waals surface area contributed by atoms with Crippen molar-refractivity contribution in [3.63, 3.8) is 0 Å². The quantitative estimate of drug-likeness (QED) is 0.632.